The summed E-state index contributed by atoms with van der Waals surface area (Å²) in [6, 6.07) is 9.57. The third kappa shape index (κ3) is 4.44. The van der Waals surface area contributed by atoms with Crippen LogP contribution in [0.2, 0.25) is 0 Å². The van der Waals surface area contributed by atoms with Gasteiger partial charge in [0.1, 0.15) is 12.4 Å². The molecule has 0 saturated carbocycles. The van der Waals surface area contributed by atoms with Gasteiger partial charge < -0.3 is 9.64 Å². The molecule has 3 nitrogen and oxygen atoms in total. The second-order valence-electron chi connectivity index (χ2n) is 4.54. The highest BCUT2D eigenvalue weighted by Crippen LogP contribution is 2.22. The summed E-state index contributed by atoms with van der Waals surface area (Å²) < 4.78 is 6.39. The smallest absolute Gasteiger partial charge is 0.254 e. The van der Waals surface area contributed by atoms with E-state index in [1.807, 2.05) is 35.7 Å². The fourth-order valence-electron chi connectivity index (χ4n) is 1.83. The molecule has 1 aromatic carbocycles. The summed E-state index contributed by atoms with van der Waals surface area (Å²) in [5.74, 6) is 0.818. The van der Waals surface area contributed by atoms with E-state index >= 15 is 0 Å². The molecule has 110 valence electrons. The normalized spacial score (nSPS) is 10.2. The molecule has 0 atom stereocenters. The predicted molar refractivity (Wildman–Crippen MR) is 90.0 cm³/mol. The highest BCUT2D eigenvalue weighted by molar-refractivity contribution is 9.11. The molecule has 0 N–H and O–H groups in total. The number of amides is 1. The van der Waals surface area contributed by atoms with E-state index in [1.165, 1.54) is 11.3 Å². The standard InChI is InChI=1S/C16H16BrNO2S/c1-3-8-20-14-6-4-12(5-7-14)10-18(2)16(19)13-9-15(17)21-11-13/h3-7,9,11H,1,8,10H2,2H3. The summed E-state index contributed by atoms with van der Waals surface area (Å²) >= 11 is 4.88. The van der Waals surface area contributed by atoms with Crippen LogP contribution in [0.25, 0.3) is 0 Å². The van der Waals surface area contributed by atoms with Crippen molar-refractivity contribution in [1.82, 2.24) is 4.90 Å². The Morgan fingerprint density at radius 3 is 2.71 bits per heavy atom. The van der Waals surface area contributed by atoms with Gasteiger partial charge in [0.05, 0.1) is 9.35 Å². The molecule has 5 heteroatoms. The lowest BCUT2D eigenvalue weighted by Gasteiger charge is -2.16. The lowest BCUT2D eigenvalue weighted by atomic mass is 10.2. The second kappa shape index (κ2) is 7.43. The van der Waals surface area contributed by atoms with Crippen LogP contribution in [0.1, 0.15) is 15.9 Å². The molecular weight excluding hydrogens is 350 g/mol. The number of rotatable bonds is 6. The maximum absolute atomic E-state index is 12.2. The van der Waals surface area contributed by atoms with Crippen molar-refractivity contribution in [3.63, 3.8) is 0 Å². The molecule has 2 rings (SSSR count). The van der Waals surface area contributed by atoms with Crippen LogP contribution < -0.4 is 4.74 Å². The molecule has 0 unspecified atom stereocenters. The molecule has 0 bridgehead atoms. The Hall–Kier alpha value is -1.59. The Morgan fingerprint density at radius 2 is 2.14 bits per heavy atom. The molecule has 21 heavy (non-hydrogen) atoms. The maximum Gasteiger partial charge on any atom is 0.254 e. The Labute approximate surface area is 137 Å². The number of thiophene rings is 1. The average Bonchev–Trinajstić information content (AvgIpc) is 2.92. The highest BCUT2D eigenvalue weighted by Gasteiger charge is 2.13. The molecule has 0 saturated heterocycles. The summed E-state index contributed by atoms with van der Waals surface area (Å²) in [6.07, 6.45) is 1.71. The van der Waals surface area contributed by atoms with E-state index in [-0.39, 0.29) is 5.91 Å². The summed E-state index contributed by atoms with van der Waals surface area (Å²) in [6.45, 7) is 4.67. The average molecular weight is 366 g/mol. The van der Waals surface area contributed by atoms with E-state index in [2.05, 4.69) is 22.5 Å². The number of ether oxygens (including phenoxy) is 1. The van der Waals surface area contributed by atoms with Gasteiger partial charge in [0.15, 0.2) is 0 Å². The SMILES string of the molecule is C=CCOc1ccc(CN(C)C(=O)c2csc(Br)c2)cc1. The van der Waals surface area contributed by atoms with E-state index in [9.17, 15) is 4.79 Å². The van der Waals surface area contributed by atoms with Gasteiger partial charge in [0.25, 0.3) is 5.91 Å². The van der Waals surface area contributed by atoms with Crippen LogP contribution in [0, 0.1) is 0 Å². The number of benzene rings is 1. The predicted octanol–water partition coefficient (Wildman–Crippen LogP) is 4.35. The molecule has 0 aliphatic rings. The number of hydrogen-bond donors (Lipinski definition) is 0. The first kappa shape index (κ1) is 15.8. The quantitative estimate of drug-likeness (QED) is 0.712. The van der Waals surface area contributed by atoms with Gasteiger partial charge in [0, 0.05) is 19.0 Å². The van der Waals surface area contributed by atoms with Crippen LogP contribution in [0.5, 0.6) is 5.75 Å². The van der Waals surface area contributed by atoms with Gasteiger partial charge in [-0.05, 0) is 39.7 Å². The fourth-order valence-corrected chi connectivity index (χ4v) is 2.96. The van der Waals surface area contributed by atoms with Crippen LogP contribution in [0.15, 0.2) is 52.2 Å². The largest absolute Gasteiger partial charge is 0.490 e. The van der Waals surface area contributed by atoms with Gasteiger partial charge in [-0.3, -0.25) is 4.79 Å². The van der Waals surface area contributed by atoms with Crippen molar-refractivity contribution in [2.45, 2.75) is 6.54 Å². The first-order valence-electron chi connectivity index (χ1n) is 6.42. The summed E-state index contributed by atoms with van der Waals surface area (Å²) in [4.78, 5) is 13.9. The van der Waals surface area contributed by atoms with E-state index in [4.69, 9.17) is 4.74 Å². The summed E-state index contributed by atoms with van der Waals surface area (Å²) in [7, 11) is 1.80. The molecule has 0 fully saturated rings. The minimum absolute atomic E-state index is 0.0175. The van der Waals surface area contributed by atoms with Crippen molar-refractivity contribution < 1.29 is 9.53 Å². The molecule has 1 heterocycles. The van der Waals surface area contributed by atoms with E-state index in [0.717, 1.165) is 15.1 Å². The molecule has 1 amide bonds. The highest BCUT2D eigenvalue weighted by atomic mass is 79.9. The number of carbonyl (C=O) groups is 1. The van der Waals surface area contributed by atoms with E-state index in [1.54, 1.807) is 18.0 Å². The first-order chi connectivity index (χ1) is 10.1. The molecule has 0 radical (unpaired) electrons. The summed E-state index contributed by atoms with van der Waals surface area (Å²) in [5, 5.41) is 1.86. The van der Waals surface area contributed by atoms with Crippen LogP contribution in [-0.2, 0) is 6.54 Å². The summed E-state index contributed by atoms with van der Waals surface area (Å²) in [5.41, 5.74) is 1.77. The van der Waals surface area contributed by atoms with Crippen molar-refractivity contribution >= 4 is 33.2 Å². The molecule has 0 aliphatic heterocycles. The van der Waals surface area contributed by atoms with Gasteiger partial charge in [-0.1, -0.05) is 24.8 Å². The Kier molecular flexibility index (Phi) is 5.59. The third-order valence-electron chi connectivity index (χ3n) is 2.87. The third-order valence-corrected chi connectivity index (χ3v) is 4.38. The van der Waals surface area contributed by atoms with Gasteiger partial charge in [-0.2, -0.15) is 0 Å². The number of carbonyl (C=O) groups excluding carboxylic acids is 1. The van der Waals surface area contributed by atoms with Gasteiger partial charge in [-0.15, -0.1) is 11.3 Å². The first-order valence-corrected chi connectivity index (χ1v) is 8.09. The molecule has 2 aromatic rings. The van der Waals surface area contributed by atoms with E-state index < -0.39 is 0 Å². The van der Waals surface area contributed by atoms with Crippen LogP contribution in [0.4, 0.5) is 0 Å². The topological polar surface area (TPSA) is 29.5 Å². The van der Waals surface area contributed by atoms with Crippen LogP contribution in [-0.4, -0.2) is 24.5 Å². The van der Waals surface area contributed by atoms with Crippen molar-refractivity contribution in [2.24, 2.45) is 0 Å². The van der Waals surface area contributed by atoms with Crippen LogP contribution in [0.3, 0.4) is 0 Å². The monoisotopic (exact) mass is 365 g/mol. The Balaban J connectivity index is 1.97. The number of hydrogen-bond acceptors (Lipinski definition) is 3. The van der Waals surface area contributed by atoms with Gasteiger partial charge in [-0.25, -0.2) is 0 Å². The molecular formula is C16H16BrNO2S. The lowest BCUT2D eigenvalue weighted by molar-refractivity contribution is 0.0785. The fraction of sp³-hybridized carbons (Fsp3) is 0.188. The maximum atomic E-state index is 12.2. The second-order valence-corrected chi connectivity index (χ2v) is 6.83. The molecule has 0 spiro atoms. The van der Waals surface area contributed by atoms with Crippen LogP contribution >= 0.6 is 27.3 Å². The number of nitrogens with zero attached hydrogens (tertiary/aromatic N) is 1. The van der Waals surface area contributed by atoms with Crippen molar-refractivity contribution in [2.75, 3.05) is 13.7 Å². The number of halogens is 1. The Bertz CT molecular complexity index is 621. The van der Waals surface area contributed by atoms with Crippen molar-refractivity contribution in [3.8, 4) is 5.75 Å². The lowest BCUT2D eigenvalue weighted by Crippen LogP contribution is -2.25. The minimum atomic E-state index is 0.0175. The minimum Gasteiger partial charge on any atom is -0.490 e. The van der Waals surface area contributed by atoms with Gasteiger partial charge >= 0.3 is 0 Å². The van der Waals surface area contributed by atoms with Crippen molar-refractivity contribution in [1.29, 1.82) is 0 Å². The van der Waals surface area contributed by atoms with E-state index in [0.29, 0.717) is 18.7 Å². The zero-order valence-corrected chi connectivity index (χ0v) is 14.1. The molecule has 0 aliphatic carbocycles. The zero-order valence-electron chi connectivity index (χ0n) is 11.7. The Morgan fingerprint density at radius 1 is 1.43 bits per heavy atom. The zero-order chi connectivity index (χ0) is 15.2. The van der Waals surface area contributed by atoms with Gasteiger partial charge in [0.2, 0.25) is 0 Å². The molecule has 1 aromatic heterocycles. The van der Waals surface area contributed by atoms with Crippen molar-refractivity contribution in [3.05, 3.63) is 63.3 Å².